The van der Waals surface area contributed by atoms with Gasteiger partial charge in [0.1, 0.15) is 0 Å². The second-order valence-corrected chi connectivity index (χ2v) is 5.06. The predicted octanol–water partition coefficient (Wildman–Crippen LogP) is 3.27. The summed E-state index contributed by atoms with van der Waals surface area (Å²) in [5.74, 6) is 0.0538. The molecule has 0 unspecified atom stereocenters. The molecule has 0 atom stereocenters. The van der Waals surface area contributed by atoms with E-state index in [0.717, 1.165) is 16.1 Å². The molecule has 0 radical (unpaired) electrons. The maximum Gasteiger partial charge on any atom is 0.181 e. The average molecular weight is 244 g/mol. The Morgan fingerprint density at radius 3 is 2.79 bits per heavy atom. The molecule has 0 aromatic rings. The monoisotopic (exact) mass is 243 g/mol. The SMILES string of the molecule is CC1=C/C(=C2/SSN=C2Cl)C=CC1=O. The van der Waals surface area contributed by atoms with Gasteiger partial charge < -0.3 is 0 Å². The Morgan fingerprint density at radius 2 is 2.21 bits per heavy atom. The van der Waals surface area contributed by atoms with Crippen LogP contribution in [0.5, 0.6) is 0 Å². The molecule has 0 spiro atoms. The molecule has 5 heteroatoms. The first-order valence-electron chi connectivity index (χ1n) is 3.91. The van der Waals surface area contributed by atoms with Crippen LogP contribution >= 0.6 is 33.4 Å². The van der Waals surface area contributed by atoms with E-state index in [1.165, 1.54) is 21.8 Å². The van der Waals surface area contributed by atoms with Crippen molar-refractivity contribution >= 4 is 44.3 Å². The van der Waals surface area contributed by atoms with Gasteiger partial charge in [0.2, 0.25) is 0 Å². The minimum Gasteiger partial charge on any atom is -0.290 e. The maximum atomic E-state index is 11.2. The lowest BCUT2D eigenvalue weighted by Crippen LogP contribution is -2.01. The summed E-state index contributed by atoms with van der Waals surface area (Å²) >= 11 is 5.90. The van der Waals surface area contributed by atoms with E-state index in [1.807, 2.05) is 6.08 Å². The third kappa shape index (κ3) is 1.82. The van der Waals surface area contributed by atoms with Crippen LogP contribution in [0.1, 0.15) is 6.92 Å². The van der Waals surface area contributed by atoms with E-state index >= 15 is 0 Å². The molecule has 72 valence electrons. The number of nitrogens with zero attached hydrogens (tertiary/aromatic N) is 1. The van der Waals surface area contributed by atoms with Crippen molar-refractivity contribution in [3.8, 4) is 0 Å². The van der Waals surface area contributed by atoms with Gasteiger partial charge in [-0.3, -0.25) is 4.79 Å². The van der Waals surface area contributed by atoms with Crippen molar-refractivity contribution in [2.75, 3.05) is 0 Å². The maximum absolute atomic E-state index is 11.2. The highest BCUT2D eigenvalue weighted by Crippen LogP contribution is 2.43. The van der Waals surface area contributed by atoms with Crippen LogP contribution in [0, 0.1) is 0 Å². The normalized spacial score (nSPS) is 26.6. The van der Waals surface area contributed by atoms with Gasteiger partial charge in [0.15, 0.2) is 11.0 Å². The molecule has 0 bridgehead atoms. The van der Waals surface area contributed by atoms with E-state index in [0.29, 0.717) is 5.17 Å². The van der Waals surface area contributed by atoms with Gasteiger partial charge in [-0.1, -0.05) is 11.6 Å². The van der Waals surface area contributed by atoms with Crippen molar-refractivity contribution in [2.45, 2.75) is 6.92 Å². The summed E-state index contributed by atoms with van der Waals surface area (Å²) in [5.41, 5.74) is 1.70. The van der Waals surface area contributed by atoms with Crippen LogP contribution in [0.4, 0.5) is 0 Å². The molecule has 0 saturated carbocycles. The smallest absolute Gasteiger partial charge is 0.181 e. The van der Waals surface area contributed by atoms with Gasteiger partial charge in [0, 0.05) is 0 Å². The Kier molecular flexibility index (Phi) is 2.85. The van der Waals surface area contributed by atoms with E-state index in [9.17, 15) is 4.79 Å². The van der Waals surface area contributed by atoms with E-state index in [4.69, 9.17) is 11.6 Å². The van der Waals surface area contributed by atoms with Gasteiger partial charge >= 0.3 is 0 Å². The number of hydrogen-bond acceptors (Lipinski definition) is 4. The Bertz CT molecular complexity index is 421. The number of ketones is 1. The molecule has 1 aliphatic heterocycles. The molecular formula is C9H6ClNOS2. The predicted molar refractivity (Wildman–Crippen MR) is 63.4 cm³/mol. The molecule has 0 saturated heterocycles. The first-order valence-corrected chi connectivity index (χ1v) is 6.39. The van der Waals surface area contributed by atoms with Crippen LogP contribution in [0.15, 0.2) is 38.7 Å². The van der Waals surface area contributed by atoms with E-state index < -0.39 is 0 Å². The van der Waals surface area contributed by atoms with Crippen LogP contribution < -0.4 is 0 Å². The first-order chi connectivity index (χ1) is 6.68. The van der Waals surface area contributed by atoms with Gasteiger partial charge in [-0.2, -0.15) is 4.40 Å². The molecule has 2 rings (SSSR count). The van der Waals surface area contributed by atoms with Crippen LogP contribution in [0.2, 0.25) is 0 Å². The van der Waals surface area contributed by atoms with Gasteiger partial charge in [0.25, 0.3) is 0 Å². The Hall–Kier alpha value is -0.450. The molecule has 14 heavy (non-hydrogen) atoms. The highest BCUT2D eigenvalue weighted by Gasteiger charge is 2.18. The number of carbonyl (C=O) groups is 1. The van der Waals surface area contributed by atoms with Gasteiger partial charge in [-0.25, -0.2) is 0 Å². The van der Waals surface area contributed by atoms with Crippen LogP contribution in [-0.2, 0) is 4.79 Å². The zero-order valence-corrected chi connectivity index (χ0v) is 9.67. The third-order valence-corrected chi connectivity index (χ3v) is 4.22. The minimum absolute atomic E-state index is 0.0538. The lowest BCUT2D eigenvalue weighted by molar-refractivity contribution is -0.111. The Balaban J connectivity index is 2.42. The highest BCUT2D eigenvalue weighted by atomic mass is 35.5. The topological polar surface area (TPSA) is 29.4 Å². The van der Waals surface area contributed by atoms with Crippen LogP contribution in [-0.4, -0.2) is 11.0 Å². The molecule has 0 N–H and O–H groups in total. The van der Waals surface area contributed by atoms with Gasteiger partial charge in [0.05, 0.1) is 15.9 Å². The number of allylic oxidation sites excluding steroid dienone is 6. The number of rotatable bonds is 0. The van der Waals surface area contributed by atoms with E-state index in [1.54, 1.807) is 19.1 Å². The number of halogens is 1. The van der Waals surface area contributed by atoms with Crippen molar-refractivity contribution in [1.82, 2.24) is 0 Å². The highest BCUT2D eigenvalue weighted by molar-refractivity contribution is 8.78. The lowest BCUT2D eigenvalue weighted by Gasteiger charge is -2.06. The number of hydrogen-bond donors (Lipinski definition) is 0. The molecular weight excluding hydrogens is 238 g/mol. The summed E-state index contributed by atoms with van der Waals surface area (Å²) in [7, 11) is 2.87. The van der Waals surface area contributed by atoms with E-state index in [2.05, 4.69) is 4.40 Å². The lowest BCUT2D eigenvalue weighted by atomic mass is 10.0. The van der Waals surface area contributed by atoms with Crippen molar-refractivity contribution in [2.24, 2.45) is 4.40 Å². The molecule has 0 amide bonds. The van der Waals surface area contributed by atoms with Crippen molar-refractivity contribution < 1.29 is 4.79 Å². The number of carbonyl (C=O) groups excluding carboxylic acids is 1. The molecule has 0 fully saturated rings. The zero-order chi connectivity index (χ0) is 10.1. The zero-order valence-electron chi connectivity index (χ0n) is 7.28. The fourth-order valence-electron chi connectivity index (χ4n) is 1.12. The second-order valence-electron chi connectivity index (χ2n) is 2.85. The van der Waals surface area contributed by atoms with E-state index in [-0.39, 0.29) is 5.78 Å². The Morgan fingerprint density at radius 1 is 1.43 bits per heavy atom. The minimum atomic E-state index is 0.0538. The first kappa shape index (κ1) is 10.1. The molecule has 1 heterocycles. The quantitative estimate of drug-likeness (QED) is 0.483. The molecule has 2 nitrogen and oxygen atoms in total. The standard InChI is InChI=1S/C9H6ClNOS2/c1-5-4-6(2-3-7(5)12)8-9(10)11-14-13-8/h2-4H,1H3/b8-6+. The summed E-state index contributed by atoms with van der Waals surface area (Å²) in [6, 6.07) is 0. The van der Waals surface area contributed by atoms with Crippen molar-refractivity contribution in [1.29, 1.82) is 0 Å². The summed E-state index contributed by atoms with van der Waals surface area (Å²) in [5, 5.41) is 0.512. The molecule has 0 aromatic heterocycles. The van der Waals surface area contributed by atoms with Crippen molar-refractivity contribution in [3.63, 3.8) is 0 Å². The van der Waals surface area contributed by atoms with Crippen LogP contribution in [0.25, 0.3) is 0 Å². The molecule has 0 aromatic carbocycles. The van der Waals surface area contributed by atoms with Crippen molar-refractivity contribution in [3.05, 3.63) is 34.3 Å². The molecule has 2 aliphatic rings. The van der Waals surface area contributed by atoms with Gasteiger partial charge in [-0.05, 0) is 47.1 Å². The third-order valence-electron chi connectivity index (χ3n) is 1.86. The summed E-state index contributed by atoms with van der Waals surface area (Å²) in [6.07, 6.45) is 5.18. The fourth-order valence-corrected chi connectivity index (χ4v) is 3.46. The van der Waals surface area contributed by atoms with Gasteiger partial charge in [-0.15, -0.1) is 0 Å². The second kappa shape index (κ2) is 3.96. The largest absolute Gasteiger partial charge is 0.290 e. The summed E-state index contributed by atoms with van der Waals surface area (Å²) < 4.78 is 3.99. The van der Waals surface area contributed by atoms with Crippen LogP contribution in [0.3, 0.4) is 0 Å². The molecule has 1 aliphatic carbocycles. The Labute approximate surface area is 94.7 Å². The average Bonchev–Trinajstić information content (AvgIpc) is 2.57. The summed E-state index contributed by atoms with van der Waals surface area (Å²) in [6.45, 7) is 1.80. The summed E-state index contributed by atoms with van der Waals surface area (Å²) in [4.78, 5) is 12.1. The fraction of sp³-hybridized carbons (Fsp3) is 0.111.